The first-order chi connectivity index (χ1) is 9.76. The Hall–Kier alpha value is -0.530. The minimum absolute atomic E-state index is 0. The Balaban J connectivity index is 0.00000400. The number of carbonyl (C=O) groups excluding carboxylic acids is 1. The van der Waals surface area contributed by atoms with Crippen molar-refractivity contribution in [1.29, 1.82) is 0 Å². The topological polar surface area (TPSA) is 65.5 Å². The first kappa shape index (κ1) is 20.5. The predicted molar refractivity (Wildman–Crippen MR) is 99.3 cm³/mol. The third-order valence-electron chi connectivity index (χ3n) is 3.19. The van der Waals surface area contributed by atoms with Crippen molar-refractivity contribution in [3.8, 4) is 0 Å². The molecule has 1 amide bonds. The van der Waals surface area contributed by atoms with Crippen molar-refractivity contribution in [2.24, 2.45) is 4.99 Å². The number of aliphatic imine (C=N–C) groups is 1. The predicted octanol–water partition coefficient (Wildman–Crippen LogP) is 2.41. The van der Waals surface area contributed by atoms with Gasteiger partial charge in [0.1, 0.15) is 0 Å². The van der Waals surface area contributed by atoms with Gasteiger partial charge in [0.25, 0.3) is 0 Å². The van der Waals surface area contributed by atoms with Gasteiger partial charge in [-0.05, 0) is 32.6 Å². The monoisotopic (exact) mass is 410 g/mol. The molecule has 1 fully saturated rings. The summed E-state index contributed by atoms with van der Waals surface area (Å²) in [7, 11) is 0. The fourth-order valence-electron chi connectivity index (χ4n) is 1.88. The highest BCUT2D eigenvalue weighted by Gasteiger charge is 2.22. The van der Waals surface area contributed by atoms with Gasteiger partial charge in [0.2, 0.25) is 5.91 Å². The molecule has 6 heteroatoms. The minimum Gasteiger partial charge on any atom is -0.357 e. The number of hydrogen-bond donors (Lipinski definition) is 3. The highest BCUT2D eigenvalue weighted by molar-refractivity contribution is 14.0. The summed E-state index contributed by atoms with van der Waals surface area (Å²) in [4.78, 5) is 16.0. The first-order valence-corrected chi connectivity index (χ1v) is 8.07. The Morgan fingerprint density at radius 1 is 1.14 bits per heavy atom. The zero-order chi connectivity index (χ0) is 14.6. The second kappa shape index (κ2) is 13.2. The normalized spacial score (nSPS) is 14.3. The van der Waals surface area contributed by atoms with Crippen molar-refractivity contribution in [2.75, 3.05) is 19.6 Å². The van der Waals surface area contributed by atoms with Crippen LogP contribution < -0.4 is 16.0 Å². The zero-order valence-corrected chi connectivity index (χ0v) is 15.7. The summed E-state index contributed by atoms with van der Waals surface area (Å²) in [6, 6.07) is 0.462. The molecule has 0 saturated heterocycles. The number of nitrogens with one attached hydrogen (secondary N) is 3. The Morgan fingerprint density at radius 2 is 1.90 bits per heavy atom. The number of amides is 1. The third-order valence-corrected chi connectivity index (χ3v) is 3.19. The molecule has 1 aliphatic carbocycles. The smallest absolute Gasteiger partial charge is 0.220 e. The van der Waals surface area contributed by atoms with E-state index in [1.807, 2.05) is 0 Å². The van der Waals surface area contributed by atoms with E-state index in [9.17, 15) is 4.79 Å². The lowest BCUT2D eigenvalue weighted by Crippen LogP contribution is -2.37. The van der Waals surface area contributed by atoms with Crippen LogP contribution in [-0.4, -0.2) is 37.5 Å². The van der Waals surface area contributed by atoms with E-state index < -0.39 is 0 Å². The largest absolute Gasteiger partial charge is 0.357 e. The van der Waals surface area contributed by atoms with Crippen molar-refractivity contribution in [3.05, 3.63) is 0 Å². The van der Waals surface area contributed by atoms with Crippen molar-refractivity contribution in [3.63, 3.8) is 0 Å². The van der Waals surface area contributed by atoms with Crippen molar-refractivity contribution >= 4 is 35.8 Å². The maximum absolute atomic E-state index is 11.5. The summed E-state index contributed by atoms with van der Waals surface area (Å²) in [6.45, 7) is 6.78. The molecule has 21 heavy (non-hydrogen) atoms. The van der Waals surface area contributed by atoms with Gasteiger partial charge in [0.05, 0.1) is 0 Å². The Bertz CT molecular complexity index is 306. The quantitative estimate of drug-likeness (QED) is 0.224. The van der Waals surface area contributed by atoms with Crippen LogP contribution in [0.15, 0.2) is 4.99 Å². The number of halogens is 1. The molecule has 0 aromatic rings. The van der Waals surface area contributed by atoms with Crippen LogP contribution in [0.25, 0.3) is 0 Å². The highest BCUT2D eigenvalue weighted by Crippen LogP contribution is 2.18. The molecule has 0 radical (unpaired) electrons. The fraction of sp³-hybridized carbons (Fsp3) is 0.867. The molecule has 1 aliphatic rings. The van der Waals surface area contributed by atoms with Gasteiger partial charge in [0, 0.05) is 32.1 Å². The molecular formula is C15H31IN4O. The van der Waals surface area contributed by atoms with Crippen LogP contribution in [0.3, 0.4) is 0 Å². The molecular weight excluding hydrogens is 379 g/mol. The van der Waals surface area contributed by atoms with Gasteiger partial charge in [-0.15, -0.1) is 24.0 Å². The van der Waals surface area contributed by atoms with Gasteiger partial charge in [-0.2, -0.15) is 0 Å². The second-order valence-electron chi connectivity index (χ2n) is 5.34. The Morgan fingerprint density at radius 3 is 2.52 bits per heavy atom. The molecule has 124 valence electrons. The maximum Gasteiger partial charge on any atom is 0.220 e. The molecule has 1 rings (SSSR count). The van der Waals surface area contributed by atoms with Crippen molar-refractivity contribution < 1.29 is 4.79 Å². The standard InChI is InChI=1S/C15H30N4O.HI/c1-3-5-6-11-17-15(16-4-2)18-12-7-8-14(20)19-13-9-10-13;/h13H,3-12H2,1-2H3,(H,19,20)(H2,16,17,18);1H. The summed E-state index contributed by atoms with van der Waals surface area (Å²) in [6.07, 6.45) is 7.33. The van der Waals surface area contributed by atoms with Crippen molar-refractivity contribution in [2.45, 2.75) is 64.8 Å². The van der Waals surface area contributed by atoms with Crippen LogP contribution in [0, 0.1) is 0 Å². The summed E-state index contributed by atoms with van der Waals surface area (Å²) < 4.78 is 0. The van der Waals surface area contributed by atoms with E-state index in [-0.39, 0.29) is 29.9 Å². The van der Waals surface area contributed by atoms with E-state index in [2.05, 4.69) is 34.8 Å². The molecule has 0 spiro atoms. The highest BCUT2D eigenvalue weighted by atomic mass is 127. The lowest BCUT2D eigenvalue weighted by molar-refractivity contribution is -0.121. The summed E-state index contributed by atoms with van der Waals surface area (Å²) in [5.41, 5.74) is 0. The maximum atomic E-state index is 11.5. The molecule has 0 bridgehead atoms. The molecule has 0 heterocycles. The first-order valence-electron chi connectivity index (χ1n) is 8.07. The van der Waals surface area contributed by atoms with Crippen molar-refractivity contribution in [1.82, 2.24) is 16.0 Å². The summed E-state index contributed by atoms with van der Waals surface area (Å²) in [5, 5.41) is 9.55. The Labute approximate surface area is 146 Å². The summed E-state index contributed by atoms with van der Waals surface area (Å²) in [5.74, 6) is 1.04. The van der Waals surface area contributed by atoms with Crippen LogP contribution in [0.1, 0.15) is 58.8 Å². The molecule has 0 aliphatic heterocycles. The zero-order valence-electron chi connectivity index (χ0n) is 13.4. The number of nitrogens with zero attached hydrogens (tertiary/aromatic N) is 1. The number of unbranched alkanes of at least 4 members (excludes halogenated alkanes) is 2. The van der Waals surface area contributed by atoms with Crippen LogP contribution >= 0.6 is 24.0 Å². The third kappa shape index (κ3) is 11.8. The molecule has 5 nitrogen and oxygen atoms in total. The molecule has 0 unspecified atom stereocenters. The lowest BCUT2D eigenvalue weighted by atomic mass is 10.2. The van der Waals surface area contributed by atoms with Gasteiger partial charge < -0.3 is 16.0 Å². The van der Waals surface area contributed by atoms with Crippen LogP contribution in [0.5, 0.6) is 0 Å². The Kier molecular flexibility index (Phi) is 12.8. The van der Waals surface area contributed by atoms with E-state index in [1.54, 1.807) is 0 Å². The van der Waals surface area contributed by atoms with Gasteiger partial charge >= 0.3 is 0 Å². The number of rotatable bonds is 10. The van der Waals surface area contributed by atoms with Gasteiger partial charge in [0.15, 0.2) is 5.96 Å². The number of guanidine groups is 1. The van der Waals surface area contributed by atoms with E-state index in [0.717, 1.165) is 38.3 Å². The average molecular weight is 410 g/mol. The van der Waals surface area contributed by atoms with Gasteiger partial charge in [-0.3, -0.25) is 9.79 Å². The lowest BCUT2D eigenvalue weighted by Gasteiger charge is -2.10. The molecule has 1 saturated carbocycles. The number of carbonyl (C=O) groups is 1. The van der Waals surface area contributed by atoms with E-state index in [0.29, 0.717) is 19.0 Å². The van der Waals surface area contributed by atoms with Crippen LogP contribution in [0.2, 0.25) is 0 Å². The molecule has 0 aromatic heterocycles. The van der Waals surface area contributed by atoms with Gasteiger partial charge in [-0.1, -0.05) is 19.8 Å². The average Bonchev–Trinajstić information content (AvgIpc) is 3.23. The van der Waals surface area contributed by atoms with Crippen LogP contribution in [-0.2, 0) is 4.79 Å². The second-order valence-corrected chi connectivity index (χ2v) is 5.34. The SMILES string of the molecule is CCCCCNC(=NCCCC(=O)NC1CC1)NCC.I. The molecule has 0 aromatic carbocycles. The summed E-state index contributed by atoms with van der Waals surface area (Å²) >= 11 is 0. The van der Waals surface area contributed by atoms with E-state index in [4.69, 9.17) is 0 Å². The molecule has 3 N–H and O–H groups in total. The minimum atomic E-state index is 0. The van der Waals surface area contributed by atoms with E-state index in [1.165, 1.54) is 19.3 Å². The molecule has 0 atom stereocenters. The fourth-order valence-corrected chi connectivity index (χ4v) is 1.88. The van der Waals surface area contributed by atoms with Crippen LogP contribution in [0.4, 0.5) is 0 Å². The van der Waals surface area contributed by atoms with E-state index >= 15 is 0 Å². The number of hydrogen-bond acceptors (Lipinski definition) is 2. The van der Waals surface area contributed by atoms with Gasteiger partial charge in [-0.25, -0.2) is 0 Å².